The van der Waals surface area contributed by atoms with Gasteiger partial charge in [-0.05, 0) is 25.0 Å². The van der Waals surface area contributed by atoms with Crippen molar-refractivity contribution in [2.24, 2.45) is 5.73 Å². The summed E-state index contributed by atoms with van der Waals surface area (Å²) in [6.07, 6.45) is 1.59. The largest absolute Gasteiger partial charge is 0.396 e. The molecule has 1 aromatic heterocycles. The first-order valence-corrected chi connectivity index (χ1v) is 4.12. The summed E-state index contributed by atoms with van der Waals surface area (Å²) in [5, 5.41) is 8.60. The van der Waals surface area contributed by atoms with Crippen molar-refractivity contribution in [3.63, 3.8) is 0 Å². The van der Waals surface area contributed by atoms with E-state index < -0.39 is 0 Å². The van der Waals surface area contributed by atoms with Crippen LogP contribution in [0.5, 0.6) is 0 Å². The van der Waals surface area contributed by atoms with E-state index in [4.69, 9.17) is 10.8 Å². The molecule has 0 aliphatic heterocycles. The highest BCUT2D eigenvalue weighted by atomic mass is 16.2. The number of aliphatic hydroxyl groups is 1. The fourth-order valence-electron chi connectivity index (χ4n) is 1.04. The molecule has 0 bridgehead atoms. The maximum absolute atomic E-state index is 8.60. The average molecular weight is 166 g/mol. The molecule has 0 radical (unpaired) electrons. The minimum Gasteiger partial charge on any atom is -0.396 e. The highest BCUT2D eigenvalue weighted by Gasteiger charge is 1.95. The molecule has 0 saturated heterocycles. The van der Waals surface area contributed by atoms with Crippen molar-refractivity contribution in [3.05, 3.63) is 29.6 Å². The number of nitrogens with two attached hydrogens (primary N) is 1. The fraction of sp³-hybridized carbons (Fsp3) is 0.444. The van der Waals surface area contributed by atoms with Gasteiger partial charge in [-0.25, -0.2) is 0 Å². The Hall–Kier alpha value is -0.930. The number of aliphatic hydroxyl groups excluding tert-OH is 1. The van der Waals surface area contributed by atoms with E-state index >= 15 is 0 Å². The average Bonchev–Trinajstić information content (AvgIpc) is 2.15. The molecular weight excluding hydrogens is 152 g/mol. The molecule has 0 aromatic carbocycles. The van der Waals surface area contributed by atoms with Gasteiger partial charge < -0.3 is 10.8 Å². The van der Waals surface area contributed by atoms with Crippen molar-refractivity contribution in [3.8, 4) is 0 Å². The number of aromatic nitrogens is 1. The Morgan fingerprint density at radius 2 is 2.08 bits per heavy atom. The Kier molecular flexibility index (Phi) is 3.70. The van der Waals surface area contributed by atoms with Gasteiger partial charge in [-0.3, -0.25) is 4.98 Å². The summed E-state index contributed by atoms with van der Waals surface area (Å²) in [5.41, 5.74) is 7.35. The van der Waals surface area contributed by atoms with E-state index in [1.807, 2.05) is 18.2 Å². The van der Waals surface area contributed by atoms with E-state index in [-0.39, 0.29) is 6.61 Å². The van der Waals surface area contributed by atoms with Crippen molar-refractivity contribution in [2.75, 3.05) is 6.61 Å². The number of pyridine rings is 1. The van der Waals surface area contributed by atoms with E-state index in [0.717, 1.165) is 24.2 Å². The van der Waals surface area contributed by atoms with E-state index in [0.29, 0.717) is 6.54 Å². The summed E-state index contributed by atoms with van der Waals surface area (Å²) in [7, 11) is 0. The van der Waals surface area contributed by atoms with Gasteiger partial charge in [-0.1, -0.05) is 6.07 Å². The molecule has 1 aromatic rings. The summed E-state index contributed by atoms with van der Waals surface area (Å²) in [4.78, 5) is 4.29. The molecule has 66 valence electrons. The Labute approximate surface area is 72.2 Å². The first-order chi connectivity index (χ1) is 5.86. The summed E-state index contributed by atoms with van der Waals surface area (Å²) >= 11 is 0. The molecule has 0 atom stereocenters. The Morgan fingerprint density at radius 3 is 2.75 bits per heavy atom. The van der Waals surface area contributed by atoms with Crippen LogP contribution in [0.2, 0.25) is 0 Å². The number of hydrogen-bond donors (Lipinski definition) is 2. The third-order valence-electron chi connectivity index (χ3n) is 1.66. The van der Waals surface area contributed by atoms with Crippen molar-refractivity contribution < 1.29 is 5.11 Å². The zero-order valence-corrected chi connectivity index (χ0v) is 7.03. The van der Waals surface area contributed by atoms with Gasteiger partial charge in [-0.15, -0.1) is 0 Å². The predicted octanol–water partition coefficient (Wildman–Crippen LogP) is 0.465. The quantitative estimate of drug-likeness (QED) is 0.683. The monoisotopic (exact) mass is 166 g/mol. The summed E-state index contributed by atoms with van der Waals surface area (Å²) in [5.74, 6) is 0. The van der Waals surface area contributed by atoms with Crippen LogP contribution in [0.3, 0.4) is 0 Å². The molecule has 12 heavy (non-hydrogen) atoms. The second-order valence-corrected chi connectivity index (χ2v) is 2.65. The smallest absolute Gasteiger partial charge is 0.0542 e. The molecule has 3 heteroatoms. The van der Waals surface area contributed by atoms with Gasteiger partial charge in [0.05, 0.1) is 5.69 Å². The molecule has 0 saturated carbocycles. The van der Waals surface area contributed by atoms with Crippen LogP contribution >= 0.6 is 0 Å². The SMILES string of the molecule is NCc1cccc(CCCO)n1. The lowest BCUT2D eigenvalue weighted by Crippen LogP contribution is -2.02. The molecule has 0 amide bonds. The number of rotatable bonds is 4. The van der Waals surface area contributed by atoms with Crippen LogP contribution in [0.4, 0.5) is 0 Å². The molecule has 0 unspecified atom stereocenters. The lowest BCUT2D eigenvalue weighted by atomic mass is 10.2. The predicted molar refractivity (Wildman–Crippen MR) is 47.5 cm³/mol. The second-order valence-electron chi connectivity index (χ2n) is 2.65. The summed E-state index contributed by atoms with van der Waals surface area (Å²) < 4.78 is 0. The minimum absolute atomic E-state index is 0.217. The standard InChI is InChI=1S/C9H14N2O/c10-7-9-4-1-3-8(11-9)5-2-6-12/h1,3-4,12H,2,5-7,10H2. The van der Waals surface area contributed by atoms with Gasteiger partial charge in [-0.2, -0.15) is 0 Å². The highest BCUT2D eigenvalue weighted by Crippen LogP contribution is 2.01. The van der Waals surface area contributed by atoms with Crippen LogP contribution in [0.1, 0.15) is 17.8 Å². The second kappa shape index (κ2) is 4.85. The molecule has 0 spiro atoms. The van der Waals surface area contributed by atoms with E-state index in [1.54, 1.807) is 0 Å². The van der Waals surface area contributed by atoms with Crippen LogP contribution in [0, 0.1) is 0 Å². The number of hydrogen-bond acceptors (Lipinski definition) is 3. The van der Waals surface area contributed by atoms with Crippen molar-refractivity contribution in [1.29, 1.82) is 0 Å². The molecule has 3 nitrogen and oxygen atoms in total. The lowest BCUT2D eigenvalue weighted by molar-refractivity contribution is 0.288. The maximum Gasteiger partial charge on any atom is 0.0542 e. The first kappa shape index (κ1) is 9.16. The third-order valence-corrected chi connectivity index (χ3v) is 1.66. The summed E-state index contributed by atoms with van der Waals surface area (Å²) in [6, 6.07) is 5.80. The Bertz CT molecular complexity index is 238. The minimum atomic E-state index is 0.217. The van der Waals surface area contributed by atoms with Crippen molar-refractivity contribution in [2.45, 2.75) is 19.4 Å². The van der Waals surface area contributed by atoms with Crippen molar-refractivity contribution in [1.82, 2.24) is 4.98 Å². The zero-order valence-electron chi connectivity index (χ0n) is 7.03. The third kappa shape index (κ3) is 2.60. The van der Waals surface area contributed by atoms with Gasteiger partial charge in [0, 0.05) is 18.8 Å². The molecule has 1 heterocycles. The Balaban J connectivity index is 2.60. The zero-order chi connectivity index (χ0) is 8.81. The van der Waals surface area contributed by atoms with Crippen LogP contribution in [0.25, 0.3) is 0 Å². The van der Waals surface area contributed by atoms with Crippen LogP contribution in [-0.4, -0.2) is 16.7 Å². The van der Waals surface area contributed by atoms with Crippen LogP contribution in [0.15, 0.2) is 18.2 Å². The maximum atomic E-state index is 8.60. The Morgan fingerprint density at radius 1 is 1.33 bits per heavy atom. The molecule has 1 rings (SSSR count). The van der Waals surface area contributed by atoms with Gasteiger partial charge >= 0.3 is 0 Å². The molecular formula is C9H14N2O. The number of aryl methyl sites for hydroxylation is 1. The fourth-order valence-corrected chi connectivity index (χ4v) is 1.04. The topological polar surface area (TPSA) is 59.1 Å². The molecule has 3 N–H and O–H groups in total. The molecule has 0 fully saturated rings. The lowest BCUT2D eigenvalue weighted by Gasteiger charge is -2.00. The van der Waals surface area contributed by atoms with Gasteiger partial charge in [0.25, 0.3) is 0 Å². The van der Waals surface area contributed by atoms with E-state index in [2.05, 4.69) is 4.98 Å². The van der Waals surface area contributed by atoms with Gasteiger partial charge in [0.1, 0.15) is 0 Å². The van der Waals surface area contributed by atoms with Gasteiger partial charge in [0.2, 0.25) is 0 Å². The van der Waals surface area contributed by atoms with Crippen molar-refractivity contribution >= 4 is 0 Å². The first-order valence-electron chi connectivity index (χ1n) is 4.12. The molecule has 0 aliphatic carbocycles. The number of nitrogens with zero attached hydrogens (tertiary/aromatic N) is 1. The van der Waals surface area contributed by atoms with Gasteiger partial charge in [0.15, 0.2) is 0 Å². The van der Waals surface area contributed by atoms with E-state index in [1.165, 1.54) is 0 Å². The normalized spacial score (nSPS) is 10.2. The highest BCUT2D eigenvalue weighted by molar-refractivity contribution is 5.10. The van der Waals surface area contributed by atoms with Crippen LogP contribution in [-0.2, 0) is 13.0 Å². The summed E-state index contributed by atoms with van der Waals surface area (Å²) in [6.45, 7) is 0.696. The van der Waals surface area contributed by atoms with Crippen LogP contribution < -0.4 is 5.73 Å². The van der Waals surface area contributed by atoms with E-state index in [9.17, 15) is 0 Å². The molecule has 0 aliphatic rings.